The molecular formula is C19H17Cl2N2O9S-. The van der Waals surface area contributed by atoms with Crippen molar-refractivity contribution in [2.75, 3.05) is 0 Å². The number of hydrogen-bond donors (Lipinski definition) is 3. The van der Waals surface area contributed by atoms with Crippen LogP contribution in [0.1, 0.15) is 42.1 Å². The minimum absolute atomic E-state index is 0.0761. The van der Waals surface area contributed by atoms with Crippen molar-refractivity contribution in [3.63, 3.8) is 0 Å². The smallest absolute Gasteiger partial charge is 0.328 e. The van der Waals surface area contributed by atoms with Crippen LogP contribution in [0.5, 0.6) is 11.5 Å². The van der Waals surface area contributed by atoms with Crippen molar-refractivity contribution in [3.05, 3.63) is 39.2 Å². The lowest BCUT2D eigenvalue weighted by Crippen LogP contribution is -2.65. The summed E-state index contributed by atoms with van der Waals surface area (Å²) in [6.07, 6.45) is -0.432. The van der Waals surface area contributed by atoms with Gasteiger partial charge in [-0.3, -0.25) is 13.8 Å². The van der Waals surface area contributed by atoms with E-state index >= 15 is 0 Å². The predicted molar refractivity (Wildman–Crippen MR) is 113 cm³/mol. The molecule has 1 aromatic carbocycles. The Hall–Kier alpha value is -2.67. The molecule has 178 valence electrons. The molecule has 0 radical (unpaired) electrons. The fraction of sp³-hybridized carbons (Fsp3) is 0.368. The van der Waals surface area contributed by atoms with Crippen LogP contribution in [0.4, 0.5) is 0 Å². The maximum atomic E-state index is 12.6. The second-order valence-electron chi connectivity index (χ2n) is 7.63. The number of carboxylic acids is 1. The highest BCUT2D eigenvalue weighted by Crippen LogP contribution is 2.42. The SMILES string of the molecule is C[C@@H]1CC(=O)N1[C@@H](C(=O)O)[C@](C)(c1cc(CC(=O)c2cc(Cl)c(O)c(O)c2Cl)on1)S(=O)[O-]. The highest BCUT2D eigenvalue weighted by atomic mass is 35.5. The number of benzene rings is 1. The number of aromatic hydroxyl groups is 2. The quantitative estimate of drug-likeness (QED) is 0.201. The number of β-lactam (4-membered cyclic amide) rings is 1. The second-order valence-corrected chi connectivity index (χ2v) is 9.73. The van der Waals surface area contributed by atoms with Gasteiger partial charge in [0, 0.05) is 24.1 Å². The fourth-order valence-corrected chi connectivity index (χ4v) is 4.73. The molecule has 0 saturated carbocycles. The number of ketones is 1. The van der Waals surface area contributed by atoms with Crippen molar-refractivity contribution >= 4 is 51.9 Å². The van der Waals surface area contributed by atoms with Gasteiger partial charge in [-0.05, 0) is 31.0 Å². The average molecular weight is 520 g/mol. The monoisotopic (exact) mass is 519 g/mol. The molecule has 14 heteroatoms. The number of amides is 1. The van der Waals surface area contributed by atoms with Crippen molar-refractivity contribution in [3.8, 4) is 11.5 Å². The predicted octanol–water partition coefficient (Wildman–Crippen LogP) is 1.99. The highest BCUT2D eigenvalue weighted by molar-refractivity contribution is 7.80. The van der Waals surface area contributed by atoms with Crippen LogP contribution in [0.2, 0.25) is 10.0 Å². The lowest BCUT2D eigenvalue weighted by molar-refractivity contribution is -0.163. The largest absolute Gasteiger partial charge is 0.772 e. The summed E-state index contributed by atoms with van der Waals surface area (Å²) < 4.78 is 27.3. The first-order valence-electron chi connectivity index (χ1n) is 9.33. The third-order valence-electron chi connectivity index (χ3n) is 5.48. The molecule has 3 N–H and O–H groups in total. The summed E-state index contributed by atoms with van der Waals surface area (Å²) in [5.41, 5.74) is -0.566. The van der Waals surface area contributed by atoms with Gasteiger partial charge in [0.05, 0.1) is 16.5 Å². The number of aliphatic carboxylic acids is 1. The van der Waals surface area contributed by atoms with E-state index in [1.165, 1.54) is 0 Å². The molecule has 3 rings (SSSR count). The van der Waals surface area contributed by atoms with Gasteiger partial charge in [-0.2, -0.15) is 0 Å². The topological polar surface area (TPSA) is 181 Å². The molecule has 0 spiro atoms. The molecule has 1 saturated heterocycles. The summed E-state index contributed by atoms with van der Waals surface area (Å²) in [6.45, 7) is 2.67. The number of halogens is 2. The van der Waals surface area contributed by atoms with Crippen molar-refractivity contribution in [2.45, 2.75) is 43.5 Å². The van der Waals surface area contributed by atoms with E-state index in [1.54, 1.807) is 6.92 Å². The van der Waals surface area contributed by atoms with Crippen LogP contribution in [0.25, 0.3) is 0 Å². The number of hydrogen-bond acceptors (Lipinski definition) is 9. The van der Waals surface area contributed by atoms with Crippen LogP contribution < -0.4 is 0 Å². The number of nitrogens with zero attached hydrogens (tertiary/aromatic N) is 2. The highest BCUT2D eigenvalue weighted by Gasteiger charge is 2.53. The van der Waals surface area contributed by atoms with Gasteiger partial charge < -0.3 is 29.3 Å². The van der Waals surface area contributed by atoms with Crippen LogP contribution >= 0.6 is 23.2 Å². The Bertz CT molecular complexity index is 1180. The first-order chi connectivity index (χ1) is 15.3. The van der Waals surface area contributed by atoms with E-state index < -0.39 is 68.5 Å². The first kappa shape index (κ1) is 25.0. The summed E-state index contributed by atoms with van der Waals surface area (Å²) in [5.74, 6) is -4.43. The van der Waals surface area contributed by atoms with Crippen LogP contribution in [0, 0.1) is 0 Å². The molecule has 1 aliphatic heterocycles. The van der Waals surface area contributed by atoms with Crippen molar-refractivity contribution in [1.82, 2.24) is 10.1 Å². The number of phenols is 2. The summed E-state index contributed by atoms with van der Waals surface area (Å²) in [7, 11) is 0. The number of carbonyl (C=O) groups excluding carboxylic acids is 2. The molecule has 2 aromatic rings. The zero-order chi connectivity index (χ0) is 24.8. The molecule has 0 aliphatic carbocycles. The van der Waals surface area contributed by atoms with E-state index in [0.717, 1.165) is 24.0 Å². The number of likely N-dealkylation sites (tertiary alicyclic amines) is 1. The van der Waals surface area contributed by atoms with Gasteiger partial charge in [0.2, 0.25) is 5.91 Å². The van der Waals surface area contributed by atoms with Gasteiger partial charge in [0.25, 0.3) is 0 Å². The Morgan fingerprint density at radius 3 is 2.52 bits per heavy atom. The number of carbonyl (C=O) groups is 3. The first-order valence-corrected chi connectivity index (χ1v) is 11.2. The molecule has 1 amide bonds. The second kappa shape index (κ2) is 8.93. The minimum atomic E-state index is -3.07. The Labute approximate surface area is 199 Å². The number of aromatic nitrogens is 1. The van der Waals surface area contributed by atoms with E-state index in [0.29, 0.717) is 0 Å². The number of carboxylic acid groups (broad SMARTS) is 1. The third-order valence-corrected chi connectivity index (χ3v) is 7.28. The van der Waals surface area contributed by atoms with E-state index in [2.05, 4.69) is 5.16 Å². The lowest BCUT2D eigenvalue weighted by Gasteiger charge is -2.48. The molecule has 1 unspecified atom stereocenters. The Kier molecular flexibility index (Phi) is 6.76. The number of rotatable bonds is 8. The molecule has 11 nitrogen and oxygen atoms in total. The Balaban J connectivity index is 1.96. The van der Waals surface area contributed by atoms with Crippen molar-refractivity contribution in [1.29, 1.82) is 0 Å². The minimum Gasteiger partial charge on any atom is -0.772 e. The van der Waals surface area contributed by atoms with Gasteiger partial charge in [-0.15, -0.1) is 0 Å². The summed E-state index contributed by atoms with van der Waals surface area (Å²) in [6, 6.07) is -0.160. The zero-order valence-corrected chi connectivity index (χ0v) is 19.4. The van der Waals surface area contributed by atoms with Crippen molar-refractivity contribution in [2.24, 2.45) is 0 Å². The van der Waals surface area contributed by atoms with Gasteiger partial charge >= 0.3 is 5.97 Å². The summed E-state index contributed by atoms with van der Waals surface area (Å²) >= 11 is 8.58. The van der Waals surface area contributed by atoms with Gasteiger partial charge in [0.15, 0.2) is 23.3 Å². The Morgan fingerprint density at radius 2 is 2.00 bits per heavy atom. The van der Waals surface area contributed by atoms with Gasteiger partial charge in [0.1, 0.15) is 16.2 Å². The molecule has 1 aliphatic rings. The van der Waals surface area contributed by atoms with Crippen LogP contribution in [0.3, 0.4) is 0 Å². The standard InChI is InChI=1S/C19H18Cl2N2O9S/c1-7-3-13(25)23(7)17(18(28)29)19(2,33(30)31)12-5-8(32-22-12)4-11(24)9-6-10(20)15(26)16(27)14(9)21/h5-7,17,26-27H,3-4H2,1-2H3,(H,28,29)(H,30,31)/p-1/t7-,17+,19+/m1/s1. The van der Waals surface area contributed by atoms with Crippen LogP contribution in [0.15, 0.2) is 16.7 Å². The average Bonchev–Trinajstić information content (AvgIpc) is 3.20. The molecule has 0 bridgehead atoms. The summed E-state index contributed by atoms with van der Waals surface area (Å²) in [4.78, 5) is 37.6. The molecular weight excluding hydrogens is 503 g/mol. The third kappa shape index (κ3) is 4.19. The normalized spacial score (nSPS) is 19.5. The molecule has 2 heterocycles. The lowest BCUT2D eigenvalue weighted by atomic mass is 9.89. The van der Waals surface area contributed by atoms with Gasteiger partial charge in [-0.1, -0.05) is 28.4 Å². The molecule has 33 heavy (non-hydrogen) atoms. The molecule has 4 atom stereocenters. The van der Waals surface area contributed by atoms with E-state index in [9.17, 15) is 38.5 Å². The fourth-order valence-electron chi connectivity index (χ4n) is 3.61. The van der Waals surface area contributed by atoms with E-state index in [1.807, 2.05) is 0 Å². The zero-order valence-electron chi connectivity index (χ0n) is 17.1. The van der Waals surface area contributed by atoms with Crippen molar-refractivity contribution < 1.29 is 43.0 Å². The van der Waals surface area contributed by atoms with Crippen LogP contribution in [-0.4, -0.2) is 63.9 Å². The maximum absolute atomic E-state index is 12.6. The molecule has 1 aromatic heterocycles. The van der Waals surface area contributed by atoms with Crippen LogP contribution in [-0.2, 0) is 31.8 Å². The molecule has 1 fully saturated rings. The van der Waals surface area contributed by atoms with E-state index in [4.69, 9.17) is 27.7 Å². The Morgan fingerprint density at radius 1 is 1.36 bits per heavy atom. The van der Waals surface area contributed by atoms with E-state index in [-0.39, 0.29) is 28.5 Å². The maximum Gasteiger partial charge on any atom is 0.328 e. The van der Waals surface area contributed by atoms with Gasteiger partial charge in [-0.25, -0.2) is 4.79 Å². The number of phenolic OH excluding ortho intramolecular Hbond substituents is 2. The number of Topliss-reactive ketones (excluding diaryl/α,β-unsaturated/α-hetero) is 1. The summed E-state index contributed by atoms with van der Waals surface area (Å²) in [5, 5.41) is 32.0.